The van der Waals surface area contributed by atoms with Gasteiger partial charge in [-0.2, -0.15) is 0 Å². The SMILES string of the molecule is COc1cccc(COc2ccc(-c3nc(C(=O)NCc4ccco4)cs3)c(F)c2)c1. The Labute approximate surface area is 182 Å². The molecule has 2 aromatic heterocycles. The molecule has 1 amide bonds. The normalized spacial score (nSPS) is 10.6. The Morgan fingerprint density at radius 3 is 2.84 bits per heavy atom. The molecule has 0 spiro atoms. The highest BCUT2D eigenvalue weighted by molar-refractivity contribution is 7.13. The van der Waals surface area contributed by atoms with Gasteiger partial charge in [-0.25, -0.2) is 9.37 Å². The van der Waals surface area contributed by atoms with Gasteiger partial charge in [0, 0.05) is 17.0 Å². The summed E-state index contributed by atoms with van der Waals surface area (Å²) in [6.07, 6.45) is 1.54. The van der Waals surface area contributed by atoms with Crippen molar-refractivity contribution < 1.29 is 23.1 Å². The summed E-state index contributed by atoms with van der Waals surface area (Å²) >= 11 is 1.20. The summed E-state index contributed by atoms with van der Waals surface area (Å²) < 4.78 is 30.7. The second-order valence-corrected chi connectivity index (χ2v) is 7.44. The second kappa shape index (κ2) is 9.44. The lowest BCUT2D eigenvalue weighted by Crippen LogP contribution is -2.22. The summed E-state index contributed by atoms with van der Waals surface area (Å²) in [7, 11) is 1.60. The van der Waals surface area contributed by atoms with Gasteiger partial charge in [-0.3, -0.25) is 4.79 Å². The number of nitrogens with zero attached hydrogens (tertiary/aromatic N) is 1. The third-order valence-electron chi connectivity index (χ3n) is 4.45. The second-order valence-electron chi connectivity index (χ2n) is 6.58. The lowest BCUT2D eigenvalue weighted by atomic mass is 10.2. The standard InChI is InChI=1S/C23H19FN2O4S/c1-28-16-5-2-4-15(10-16)13-30-17-7-8-19(20(24)11-17)23-26-21(14-31-23)22(27)25-12-18-6-3-9-29-18/h2-11,14H,12-13H2,1H3,(H,25,27). The predicted molar refractivity (Wildman–Crippen MR) is 115 cm³/mol. The summed E-state index contributed by atoms with van der Waals surface area (Å²) in [5.41, 5.74) is 1.45. The van der Waals surface area contributed by atoms with Crippen molar-refractivity contribution in [1.82, 2.24) is 10.3 Å². The van der Waals surface area contributed by atoms with Gasteiger partial charge in [0.05, 0.1) is 19.9 Å². The van der Waals surface area contributed by atoms with Gasteiger partial charge < -0.3 is 19.2 Å². The molecular formula is C23H19FN2O4S. The van der Waals surface area contributed by atoms with Gasteiger partial charge in [-0.05, 0) is 42.0 Å². The number of carbonyl (C=O) groups excluding carboxylic acids is 1. The van der Waals surface area contributed by atoms with Gasteiger partial charge in [-0.15, -0.1) is 11.3 Å². The number of hydrogen-bond acceptors (Lipinski definition) is 6. The third kappa shape index (κ3) is 5.10. The molecule has 158 valence electrons. The molecule has 8 heteroatoms. The van der Waals surface area contributed by atoms with E-state index in [4.69, 9.17) is 13.9 Å². The fourth-order valence-corrected chi connectivity index (χ4v) is 3.69. The number of benzene rings is 2. The van der Waals surface area contributed by atoms with E-state index in [1.807, 2.05) is 24.3 Å². The number of thiazole rings is 1. The monoisotopic (exact) mass is 438 g/mol. The molecule has 4 rings (SSSR count). The number of rotatable bonds is 8. The van der Waals surface area contributed by atoms with Crippen molar-refractivity contribution in [2.75, 3.05) is 7.11 Å². The average molecular weight is 438 g/mol. The van der Waals surface area contributed by atoms with Crippen molar-refractivity contribution in [3.8, 4) is 22.1 Å². The van der Waals surface area contributed by atoms with Gasteiger partial charge in [0.25, 0.3) is 5.91 Å². The Hall–Kier alpha value is -3.65. The van der Waals surface area contributed by atoms with E-state index >= 15 is 0 Å². The van der Waals surface area contributed by atoms with E-state index < -0.39 is 5.82 Å². The molecule has 1 N–H and O–H groups in total. The first kappa shape index (κ1) is 20.6. The van der Waals surface area contributed by atoms with Gasteiger partial charge in [0.1, 0.15) is 40.4 Å². The van der Waals surface area contributed by atoms with E-state index in [1.54, 1.807) is 36.8 Å². The predicted octanol–water partition coefficient (Wildman–Crippen LogP) is 5.06. The number of hydrogen-bond donors (Lipinski definition) is 1. The van der Waals surface area contributed by atoms with Crippen LogP contribution in [0.2, 0.25) is 0 Å². The third-order valence-corrected chi connectivity index (χ3v) is 5.33. The van der Waals surface area contributed by atoms with Crippen molar-refractivity contribution in [3.63, 3.8) is 0 Å². The number of amides is 1. The minimum atomic E-state index is -0.472. The van der Waals surface area contributed by atoms with Crippen LogP contribution in [0.25, 0.3) is 10.6 Å². The van der Waals surface area contributed by atoms with Crippen LogP contribution in [0.4, 0.5) is 4.39 Å². The first-order valence-electron chi connectivity index (χ1n) is 9.44. The molecule has 0 atom stereocenters. The zero-order chi connectivity index (χ0) is 21.6. The molecule has 4 aromatic rings. The number of nitrogens with one attached hydrogen (secondary N) is 1. The Balaban J connectivity index is 1.40. The molecule has 2 aromatic carbocycles. The maximum Gasteiger partial charge on any atom is 0.271 e. The van der Waals surface area contributed by atoms with Crippen LogP contribution in [-0.2, 0) is 13.2 Å². The highest BCUT2D eigenvalue weighted by atomic mass is 32.1. The minimum absolute atomic E-state index is 0.226. The van der Waals surface area contributed by atoms with Crippen LogP contribution >= 0.6 is 11.3 Å². The number of aromatic nitrogens is 1. The fourth-order valence-electron chi connectivity index (χ4n) is 2.86. The quantitative estimate of drug-likeness (QED) is 0.416. The van der Waals surface area contributed by atoms with Gasteiger partial charge in [-0.1, -0.05) is 12.1 Å². The lowest BCUT2D eigenvalue weighted by molar-refractivity contribution is 0.0944. The van der Waals surface area contributed by atoms with Crippen LogP contribution < -0.4 is 14.8 Å². The Bertz CT molecular complexity index is 1170. The van der Waals surface area contributed by atoms with Crippen LogP contribution in [0.5, 0.6) is 11.5 Å². The zero-order valence-corrected chi connectivity index (χ0v) is 17.4. The molecular weight excluding hydrogens is 419 g/mol. The van der Waals surface area contributed by atoms with Crippen LogP contribution in [0.3, 0.4) is 0 Å². The van der Waals surface area contributed by atoms with Crippen molar-refractivity contribution in [2.24, 2.45) is 0 Å². The smallest absolute Gasteiger partial charge is 0.271 e. The summed E-state index contributed by atoms with van der Waals surface area (Å²) in [5.74, 6) is 0.949. The molecule has 31 heavy (non-hydrogen) atoms. The molecule has 0 fully saturated rings. The molecule has 0 bridgehead atoms. The van der Waals surface area contributed by atoms with Gasteiger partial charge >= 0.3 is 0 Å². The largest absolute Gasteiger partial charge is 0.497 e. The van der Waals surface area contributed by atoms with E-state index in [9.17, 15) is 9.18 Å². The molecule has 0 aliphatic heterocycles. The maximum absolute atomic E-state index is 14.7. The van der Waals surface area contributed by atoms with Crippen molar-refractivity contribution in [1.29, 1.82) is 0 Å². The highest BCUT2D eigenvalue weighted by Crippen LogP contribution is 2.29. The zero-order valence-electron chi connectivity index (χ0n) is 16.6. The van der Waals surface area contributed by atoms with E-state index in [-0.39, 0.29) is 24.8 Å². The number of halogens is 1. The van der Waals surface area contributed by atoms with Crippen LogP contribution in [0.1, 0.15) is 21.8 Å². The topological polar surface area (TPSA) is 73.6 Å². The molecule has 0 aliphatic carbocycles. The van der Waals surface area contributed by atoms with Gasteiger partial charge in [0.2, 0.25) is 0 Å². The van der Waals surface area contributed by atoms with Crippen LogP contribution in [0.15, 0.2) is 70.7 Å². The van der Waals surface area contributed by atoms with E-state index in [2.05, 4.69) is 10.3 Å². The Morgan fingerprint density at radius 1 is 1.16 bits per heavy atom. The maximum atomic E-state index is 14.7. The van der Waals surface area contributed by atoms with Crippen molar-refractivity contribution in [3.05, 3.63) is 89.1 Å². The first-order valence-corrected chi connectivity index (χ1v) is 10.3. The van der Waals surface area contributed by atoms with Gasteiger partial charge in [0.15, 0.2) is 0 Å². The molecule has 0 saturated heterocycles. The van der Waals surface area contributed by atoms with Crippen molar-refractivity contribution >= 4 is 17.2 Å². The average Bonchev–Trinajstić information content (AvgIpc) is 3.49. The number of methoxy groups -OCH3 is 1. The molecule has 0 unspecified atom stereocenters. The van der Waals surface area contributed by atoms with Crippen LogP contribution in [-0.4, -0.2) is 18.0 Å². The summed E-state index contributed by atoms with van der Waals surface area (Å²) in [4.78, 5) is 16.5. The first-order chi connectivity index (χ1) is 15.1. The fraction of sp³-hybridized carbons (Fsp3) is 0.130. The highest BCUT2D eigenvalue weighted by Gasteiger charge is 2.15. The summed E-state index contributed by atoms with van der Waals surface area (Å²) in [6, 6.07) is 15.6. The van der Waals surface area contributed by atoms with Crippen LogP contribution in [0, 0.1) is 5.82 Å². The Kier molecular flexibility index (Phi) is 6.28. The lowest BCUT2D eigenvalue weighted by Gasteiger charge is -2.09. The number of carbonyl (C=O) groups is 1. The Morgan fingerprint density at radius 2 is 2.06 bits per heavy atom. The molecule has 0 saturated carbocycles. The molecule has 2 heterocycles. The summed E-state index contributed by atoms with van der Waals surface area (Å²) in [6.45, 7) is 0.541. The van der Waals surface area contributed by atoms with Crippen molar-refractivity contribution in [2.45, 2.75) is 13.2 Å². The summed E-state index contributed by atoms with van der Waals surface area (Å²) in [5, 5.41) is 4.73. The minimum Gasteiger partial charge on any atom is -0.497 e. The molecule has 0 radical (unpaired) electrons. The van der Waals surface area contributed by atoms with E-state index in [1.165, 1.54) is 23.7 Å². The number of furan rings is 1. The van der Waals surface area contributed by atoms with E-state index in [0.29, 0.717) is 22.1 Å². The van der Waals surface area contributed by atoms with E-state index in [0.717, 1.165) is 11.3 Å². The molecule has 0 aliphatic rings. The number of ether oxygens (including phenoxy) is 2. The molecule has 6 nitrogen and oxygen atoms in total.